The van der Waals surface area contributed by atoms with E-state index in [0.29, 0.717) is 45.6 Å². The van der Waals surface area contributed by atoms with Gasteiger partial charge in [-0.15, -0.1) is 0 Å². The molecule has 0 spiro atoms. The summed E-state index contributed by atoms with van der Waals surface area (Å²) in [6.07, 6.45) is 0. The molecule has 0 radical (unpaired) electrons. The predicted molar refractivity (Wildman–Crippen MR) is 136 cm³/mol. The second-order valence-corrected chi connectivity index (χ2v) is 7.74. The zero-order valence-electron chi connectivity index (χ0n) is 20.1. The molecule has 4 rings (SSSR count). The zero-order valence-corrected chi connectivity index (χ0v) is 20.1. The molecule has 0 amide bonds. The fraction of sp³-hybridized carbons (Fsp3) is 0.154. The van der Waals surface area contributed by atoms with E-state index < -0.39 is 4.92 Å². The average molecular weight is 489 g/mol. The number of aromatic nitrogens is 2. The minimum atomic E-state index is -0.492. The molecule has 1 aromatic heterocycles. The van der Waals surface area contributed by atoms with Crippen molar-refractivity contribution in [3.63, 3.8) is 0 Å². The van der Waals surface area contributed by atoms with Gasteiger partial charge in [-0.1, -0.05) is 0 Å². The van der Waals surface area contributed by atoms with E-state index in [1.807, 2.05) is 12.1 Å². The number of hydrogen-bond donors (Lipinski definition) is 1. The van der Waals surface area contributed by atoms with Crippen LogP contribution in [-0.4, -0.2) is 41.7 Å². The lowest BCUT2D eigenvalue weighted by molar-refractivity contribution is -0.384. The van der Waals surface area contributed by atoms with Gasteiger partial charge >= 0.3 is 0 Å². The molecule has 0 aliphatic rings. The van der Waals surface area contributed by atoms with Crippen LogP contribution in [0.5, 0.6) is 17.2 Å². The maximum atomic E-state index is 13.6. The maximum Gasteiger partial charge on any atom is 0.280 e. The fourth-order valence-electron chi connectivity index (χ4n) is 3.76. The van der Waals surface area contributed by atoms with Gasteiger partial charge in [-0.25, -0.2) is 9.67 Å². The highest BCUT2D eigenvalue weighted by atomic mass is 16.6. The van der Waals surface area contributed by atoms with Crippen LogP contribution in [-0.2, 0) is 0 Å². The van der Waals surface area contributed by atoms with Crippen molar-refractivity contribution in [3.8, 4) is 34.2 Å². The molecule has 10 nitrogen and oxygen atoms in total. The number of H-pyrrole nitrogens is 1. The van der Waals surface area contributed by atoms with Crippen LogP contribution in [0.1, 0.15) is 12.5 Å². The number of rotatable bonds is 8. The summed E-state index contributed by atoms with van der Waals surface area (Å²) in [7, 11) is 4.67. The molecule has 1 N–H and O–H groups in total. The third-order valence-corrected chi connectivity index (χ3v) is 5.62. The number of nitrogens with zero attached hydrogens (tertiary/aromatic N) is 3. The van der Waals surface area contributed by atoms with E-state index in [1.54, 1.807) is 51.5 Å². The number of methoxy groups -OCH3 is 3. The van der Waals surface area contributed by atoms with E-state index in [4.69, 9.17) is 14.2 Å². The highest BCUT2D eigenvalue weighted by Gasteiger charge is 2.20. The molecular formula is C26H24N4O6. The van der Waals surface area contributed by atoms with Gasteiger partial charge in [0, 0.05) is 23.8 Å². The number of nitro groups is 1. The molecule has 0 atom stereocenters. The molecular weight excluding hydrogens is 464 g/mol. The summed E-state index contributed by atoms with van der Waals surface area (Å²) >= 11 is 0. The van der Waals surface area contributed by atoms with Gasteiger partial charge in [-0.3, -0.25) is 20.0 Å². The Bertz CT molecular complexity index is 1480. The maximum absolute atomic E-state index is 13.6. The van der Waals surface area contributed by atoms with Gasteiger partial charge in [0.25, 0.3) is 11.2 Å². The summed E-state index contributed by atoms with van der Waals surface area (Å²) in [5, 5.41) is 14.2. The minimum absolute atomic E-state index is 0.0710. The molecule has 3 aromatic carbocycles. The molecule has 0 saturated heterocycles. The van der Waals surface area contributed by atoms with Crippen molar-refractivity contribution in [2.24, 2.45) is 4.99 Å². The van der Waals surface area contributed by atoms with E-state index >= 15 is 0 Å². The van der Waals surface area contributed by atoms with Crippen LogP contribution >= 0.6 is 0 Å². The lowest BCUT2D eigenvalue weighted by Crippen LogP contribution is -2.19. The van der Waals surface area contributed by atoms with E-state index in [2.05, 4.69) is 10.1 Å². The normalized spacial score (nSPS) is 11.3. The van der Waals surface area contributed by atoms with Crippen LogP contribution in [0.2, 0.25) is 0 Å². The van der Waals surface area contributed by atoms with Crippen LogP contribution in [0, 0.1) is 10.1 Å². The summed E-state index contributed by atoms with van der Waals surface area (Å²) in [5.74, 6) is 1.78. The Balaban J connectivity index is 1.89. The molecule has 0 fully saturated rings. The van der Waals surface area contributed by atoms with E-state index in [1.165, 1.54) is 36.1 Å². The Hall–Kier alpha value is -4.86. The van der Waals surface area contributed by atoms with Crippen molar-refractivity contribution in [2.45, 2.75) is 6.92 Å². The second-order valence-electron chi connectivity index (χ2n) is 7.74. The Morgan fingerprint density at radius 2 is 1.56 bits per heavy atom. The number of ether oxygens (including phenoxy) is 3. The van der Waals surface area contributed by atoms with Gasteiger partial charge in [-0.2, -0.15) is 0 Å². The van der Waals surface area contributed by atoms with Crippen molar-refractivity contribution < 1.29 is 19.1 Å². The molecule has 0 aliphatic carbocycles. The van der Waals surface area contributed by atoms with E-state index in [0.717, 1.165) is 5.56 Å². The van der Waals surface area contributed by atoms with Crippen LogP contribution in [0.3, 0.4) is 0 Å². The molecule has 0 saturated carbocycles. The van der Waals surface area contributed by atoms with Crippen LogP contribution in [0.15, 0.2) is 76.5 Å². The lowest BCUT2D eigenvalue weighted by Gasteiger charge is -2.08. The quantitative estimate of drug-likeness (QED) is 0.214. The largest absolute Gasteiger partial charge is 0.497 e. The highest BCUT2D eigenvalue weighted by Crippen LogP contribution is 2.33. The van der Waals surface area contributed by atoms with Gasteiger partial charge < -0.3 is 14.2 Å². The first-order valence-electron chi connectivity index (χ1n) is 10.9. The monoisotopic (exact) mass is 488 g/mol. The lowest BCUT2D eigenvalue weighted by atomic mass is 10.0. The van der Waals surface area contributed by atoms with Crippen molar-refractivity contribution >= 4 is 17.1 Å². The second kappa shape index (κ2) is 10.2. The van der Waals surface area contributed by atoms with Gasteiger partial charge in [-0.05, 0) is 55.5 Å². The first kappa shape index (κ1) is 24.3. The van der Waals surface area contributed by atoms with E-state index in [-0.39, 0.29) is 11.2 Å². The molecule has 0 unspecified atom stereocenters. The number of aromatic amines is 1. The average Bonchev–Trinajstić information content (AvgIpc) is 3.25. The summed E-state index contributed by atoms with van der Waals surface area (Å²) in [4.78, 5) is 28.9. The third-order valence-electron chi connectivity index (χ3n) is 5.62. The number of nitro benzene ring substituents is 1. The standard InChI is InChI=1S/C26H24N4O6/c1-16(27-22-14-13-21(35-3)15-23(22)36-4)24-25(17-5-11-20(34-2)12-6-17)28-29(26(24)31)18-7-9-19(10-8-18)30(32)33/h5-15,28H,1-4H3. The number of hydrogen-bond acceptors (Lipinski definition) is 7. The Kier molecular flexibility index (Phi) is 6.86. The van der Waals surface area contributed by atoms with Crippen molar-refractivity contribution in [3.05, 3.63) is 92.8 Å². The summed E-state index contributed by atoms with van der Waals surface area (Å²) in [6, 6.07) is 18.2. The van der Waals surface area contributed by atoms with Crippen LogP contribution < -0.4 is 19.8 Å². The smallest absolute Gasteiger partial charge is 0.280 e. The molecule has 36 heavy (non-hydrogen) atoms. The van der Waals surface area contributed by atoms with Crippen molar-refractivity contribution in [2.75, 3.05) is 21.3 Å². The molecule has 1 heterocycles. The topological polar surface area (TPSA) is 121 Å². The zero-order chi connectivity index (χ0) is 25.8. The van der Waals surface area contributed by atoms with Crippen molar-refractivity contribution in [1.29, 1.82) is 0 Å². The Labute approximate surface area is 206 Å². The summed E-state index contributed by atoms with van der Waals surface area (Å²) in [5.41, 5.74) is 2.61. The number of aliphatic imine (C=N–C) groups is 1. The summed E-state index contributed by atoms with van der Waals surface area (Å²) < 4.78 is 17.3. The first-order chi connectivity index (χ1) is 17.4. The number of nitrogens with one attached hydrogen (secondary N) is 1. The molecule has 10 heteroatoms. The van der Waals surface area contributed by atoms with Gasteiger partial charge in [0.05, 0.1) is 48.9 Å². The Morgan fingerprint density at radius 3 is 2.14 bits per heavy atom. The number of benzene rings is 3. The summed E-state index contributed by atoms with van der Waals surface area (Å²) in [6.45, 7) is 1.74. The fourth-order valence-corrected chi connectivity index (χ4v) is 3.76. The molecule has 0 bridgehead atoms. The third kappa shape index (κ3) is 4.69. The highest BCUT2D eigenvalue weighted by molar-refractivity contribution is 6.05. The SMILES string of the molecule is COc1ccc(-c2[nH]n(-c3ccc([N+](=O)[O-])cc3)c(=O)c2C(C)=Nc2ccc(OC)cc2OC)cc1. The van der Waals surface area contributed by atoms with Gasteiger partial charge in [0.1, 0.15) is 22.9 Å². The molecule has 4 aromatic rings. The molecule has 0 aliphatic heterocycles. The minimum Gasteiger partial charge on any atom is -0.497 e. The van der Waals surface area contributed by atoms with Crippen LogP contribution in [0.25, 0.3) is 16.9 Å². The van der Waals surface area contributed by atoms with E-state index in [9.17, 15) is 14.9 Å². The Morgan fingerprint density at radius 1 is 0.917 bits per heavy atom. The van der Waals surface area contributed by atoms with Gasteiger partial charge in [0.2, 0.25) is 0 Å². The molecule has 184 valence electrons. The van der Waals surface area contributed by atoms with Crippen LogP contribution in [0.4, 0.5) is 11.4 Å². The predicted octanol–water partition coefficient (Wildman–Crippen LogP) is 4.91. The number of non-ortho nitro benzene ring substituents is 1. The first-order valence-corrected chi connectivity index (χ1v) is 10.9. The van der Waals surface area contributed by atoms with Gasteiger partial charge in [0.15, 0.2) is 0 Å². The van der Waals surface area contributed by atoms with Crippen molar-refractivity contribution in [1.82, 2.24) is 9.78 Å².